The molecule has 1 N–H and O–H groups in total. The molecule has 0 radical (unpaired) electrons. The predicted molar refractivity (Wildman–Crippen MR) is 80.9 cm³/mol. The second-order valence-electron chi connectivity index (χ2n) is 4.73. The Hall–Kier alpha value is -0.580. The molecule has 1 rings (SSSR count). The predicted octanol–water partition coefficient (Wildman–Crippen LogP) is 3.49. The van der Waals surface area contributed by atoms with Crippen molar-refractivity contribution in [3.8, 4) is 0 Å². The summed E-state index contributed by atoms with van der Waals surface area (Å²) in [7, 11) is 0. The largest absolute Gasteiger partial charge is 0.348 e. The summed E-state index contributed by atoms with van der Waals surface area (Å²) in [5, 5.41) is 3.10. The van der Waals surface area contributed by atoms with Gasteiger partial charge in [-0.15, -0.1) is 0 Å². The van der Waals surface area contributed by atoms with E-state index in [9.17, 15) is 4.79 Å². The zero-order valence-corrected chi connectivity index (χ0v) is 13.0. The van der Waals surface area contributed by atoms with E-state index in [4.69, 9.17) is 0 Å². The van der Waals surface area contributed by atoms with Gasteiger partial charge < -0.3 is 5.32 Å². The number of amides is 1. The molecule has 0 fully saturated rings. The molecule has 1 amide bonds. The van der Waals surface area contributed by atoms with Gasteiger partial charge in [0.25, 0.3) is 5.91 Å². The minimum absolute atomic E-state index is 0.0431. The molecule has 0 bridgehead atoms. The van der Waals surface area contributed by atoms with E-state index in [1.165, 1.54) is 0 Å². The van der Waals surface area contributed by atoms with Crippen LogP contribution in [0.15, 0.2) is 18.2 Å². The lowest BCUT2D eigenvalue weighted by molar-refractivity contribution is 0.0931. The average Bonchev–Trinajstić information content (AvgIpc) is 2.28. The number of hydrogen-bond donors (Lipinski definition) is 1. The smallest absolute Gasteiger partial charge is 0.251 e. The minimum Gasteiger partial charge on any atom is -0.348 e. The molecule has 0 heterocycles. The SMILES string of the molecule is Cc1cccc(C(=O)NC(CI)C(C)C)c1C. The van der Waals surface area contributed by atoms with Crippen LogP contribution < -0.4 is 5.32 Å². The van der Waals surface area contributed by atoms with Crippen molar-refractivity contribution in [3.63, 3.8) is 0 Å². The summed E-state index contributed by atoms with van der Waals surface area (Å²) in [6.07, 6.45) is 0. The van der Waals surface area contributed by atoms with Gasteiger partial charge in [-0.1, -0.05) is 48.6 Å². The van der Waals surface area contributed by atoms with Gasteiger partial charge in [-0.05, 0) is 37.0 Å². The minimum atomic E-state index is 0.0431. The molecule has 1 unspecified atom stereocenters. The van der Waals surface area contributed by atoms with Gasteiger partial charge in [-0.2, -0.15) is 0 Å². The van der Waals surface area contributed by atoms with E-state index >= 15 is 0 Å². The van der Waals surface area contributed by atoms with Crippen molar-refractivity contribution in [1.29, 1.82) is 0 Å². The van der Waals surface area contributed by atoms with Crippen LogP contribution in [0.5, 0.6) is 0 Å². The first-order valence-electron chi connectivity index (χ1n) is 5.90. The van der Waals surface area contributed by atoms with E-state index in [1.54, 1.807) is 0 Å². The third-order valence-electron chi connectivity index (χ3n) is 3.14. The summed E-state index contributed by atoms with van der Waals surface area (Å²) in [6, 6.07) is 6.10. The van der Waals surface area contributed by atoms with Crippen LogP contribution in [-0.4, -0.2) is 16.4 Å². The summed E-state index contributed by atoms with van der Waals surface area (Å²) in [4.78, 5) is 12.2. The van der Waals surface area contributed by atoms with Gasteiger partial charge in [-0.25, -0.2) is 0 Å². The Morgan fingerprint density at radius 3 is 2.53 bits per heavy atom. The molecule has 0 spiro atoms. The fourth-order valence-electron chi connectivity index (χ4n) is 1.63. The maximum atomic E-state index is 12.2. The van der Waals surface area contributed by atoms with Crippen LogP contribution in [0.25, 0.3) is 0 Å². The van der Waals surface area contributed by atoms with Gasteiger partial charge in [-0.3, -0.25) is 4.79 Å². The van der Waals surface area contributed by atoms with E-state index < -0.39 is 0 Å². The number of aryl methyl sites for hydroxylation is 1. The van der Waals surface area contributed by atoms with E-state index in [-0.39, 0.29) is 11.9 Å². The van der Waals surface area contributed by atoms with Crippen molar-refractivity contribution in [3.05, 3.63) is 34.9 Å². The number of nitrogens with one attached hydrogen (secondary N) is 1. The van der Waals surface area contributed by atoms with Gasteiger partial charge in [0.1, 0.15) is 0 Å². The molecule has 0 saturated carbocycles. The summed E-state index contributed by atoms with van der Waals surface area (Å²) in [6.45, 7) is 8.29. The van der Waals surface area contributed by atoms with E-state index in [0.29, 0.717) is 5.92 Å². The topological polar surface area (TPSA) is 29.1 Å². The fourth-order valence-corrected chi connectivity index (χ4v) is 2.86. The molecule has 17 heavy (non-hydrogen) atoms. The first-order valence-corrected chi connectivity index (χ1v) is 7.43. The van der Waals surface area contributed by atoms with Crippen LogP contribution in [-0.2, 0) is 0 Å². The first kappa shape index (κ1) is 14.5. The molecule has 1 aromatic rings. The second kappa shape index (κ2) is 6.38. The standard InChI is InChI=1S/C14H20INO/c1-9(2)13(8-15)16-14(17)12-7-5-6-10(3)11(12)4/h5-7,9,13H,8H2,1-4H3,(H,16,17). The van der Waals surface area contributed by atoms with Crippen molar-refractivity contribution < 1.29 is 4.79 Å². The van der Waals surface area contributed by atoms with Crippen molar-refractivity contribution in [2.24, 2.45) is 5.92 Å². The fraction of sp³-hybridized carbons (Fsp3) is 0.500. The third-order valence-corrected chi connectivity index (χ3v) is 4.09. The zero-order valence-electron chi connectivity index (χ0n) is 10.9. The summed E-state index contributed by atoms with van der Waals surface area (Å²) >= 11 is 2.32. The van der Waals surface area contributed by atoms with Crippen molar-refractivity contribution >= 4 is 28.5 Å². The summed E-state index contributed by atoms with van der Waals surface area (Å²) in [5.74, 6) is 0.502. The molecule has 1 aromatic carbocycles. The number of carbonyl (C=O) groups excluding carboxylic acids is 1. The van der Waals surface area contributed by atoms with E-state index in [2.05, 4.69) is 41.8 Å². The molecule has 0 aliphatic carbocycles. The first-order chi connectivity index (χ1) is 7.97. The Morgan fingerprint density at radius 1 is 1.35 bits per heavy atom. The van der Waals surface area contributed by atoms with Gasteiger partial charge in [0.05, 0.1) is 0 Å². The lowest BCUT2D eigenvalue weighted by Gasteiger charge is -2.20. The van der Waals surface area contributed by atoms with E-state index in [1.807, 2.05) is 32.0 Å². The highest BCUT2D eigenvalue weighted by atomic mass is 127. The van der Waals surface area contributed by atoms with Crippen molar-refractivity contribution in [1.82, 2.24) is 5.32 Å². The highest BCUT2D eigenvalue weighted by Gasteiger charge is 2.17. The van der Waals surface area contributed by atoms with Crippen LogP contribution in [0.2, 0.25) is 0 Å². The molecule has 0 aliphatic rings. The number of halogens is 1. The van der Waals surface area contributed by atoms with Gasteiger partial charge in [0, 0.05) is 16.0 Å². The Bertz CT molecular complexity index is 401. The van der Waals surface area contributed by atoms with Gasteiger partial charge in [0.15, 0.2) is 0 Å². The lowest BCUT2D eigenvalue weighted by atomic mass is 10.0. The Balaban J connectivity index is 2.86. The van der Waals surface area contributed by atoms with Crippen LogP contribution in [0.4, 0.5) is 0 Å². The van der Waals surface area contributed by atoms with Crippen LogP contribution in [0, 0.1) is 19.8 Å². The quantitative estimate of drug-likeness (QED) is 0.657. The number of benzene rings is 1. The van der Waals surface area contributed by atoms with Crippen LogP contribution >= 0.6 is 22.6 Å². The molecule has 2 nitrogen and oxygen atoms in total. The molecule has 94 valence electrons. The normalized spacial score (nSPS) is 12.6. The number of rotatable bonds is 4. The van der Waals surface area contributed by atoms with E-state index in [0.717, 1.165) is 21.1 Å². The van der Waals surface area contributed by atoms with Crippen LogP contribution in [0.3, 0.4) is 0 Å². The number of hydrogen-bond acceptors (Lipinski definition) is 1. The molecule has 0 saturated heterocycles. The summed E-state index contributed by atoms with van der Waals surface area (Å²) < 4.78 is 0.937. The molecule has 0 aromatic heterocycles. The molecular weight excluding hydrogens is 325 g/mol. The maximum Gasteiger partial charge on any atom is 0.251 e. The lowest BCUT2D eigenvalue weighted by Crippen LogP contribution is -2.40. The summed E-state index contributed by atoms with van der Waals surface area (Å²) in [5.41, 5.74) is 3.02. The molecule has 3 heteroatoms. The molecule has 0 aliphatic heterocycles. The monoisotopic (exact) mass is 345 g/mol. The van der Waals surface area contributed by atoms with Crippen molar-refractivity contribution in [2.45, 2.75) is 33.7 Å². The van der Waals surface area contributed by atoms with Crippen molar-refractivity contribution in [2.75, 3.05) is 4.43 Å². The average molecular weight is 345 g/mol. The highest BCUT2D eigenvalue weighted by molar-refractivity contribution is 14.1. The Kier molecular flexibility index (Phi) is 5.43. The Morgan fingerprint density at radius 2 is 2.00 bits per heavy atom. The molecule has 1 atom stereocenters. The second-order valence-corrected chi connectivity index (χ2v) is 5.61. The number of carbonyl (C=O) groups is 1. The highest BCUT2D eigenvalue weighted by Crippen LogP contribution is 2.14. The van der Waals surface area contributed by atoms with Gasteiger partial charge in [0.2, 0.25) is 0 Å². The van der Waals surface area contributed by atoms with Gasteiger partial charge >= 0.3 is 0 Å². The maximum absolute atomic E-state index is 12.2. The number of alkyl halides is 1. The zero-order chi connectivity index (χ0) is 13.0. The Labute approximate surface area is 117 Å². The third kappa shape index (κ3) is 3.69. The molecular formula is C14H20INO. The van der Waals surface area contributed by atoms with Crippen LogP contribution in [0.1, 0.15) is 35.3 Å².